The second-order valence-corrected chi connectivity index (χ2v) is 5.47. The van der Waals surface area contributed by atoms with Crippen LogP contribution in [-0.4, -0.2) is 63.8 Å². The molecule has 0 aliphatic carbocycles. The number of methoxy groups -OCH3 is 1. The minimum absolute atomic E-state index is 0.185. The molecule has 0 atom stereocenters. The van der Waals surface area contributed by atoms with Gasteiger partial charge in [-0.2, -0.15) is 0 Å². The molecule has 114 valence electrons. The Kier molecular flexibility index (Phi) is 9.61. The summed E-state index contributed by atoms with van der Waals surface area (Å²) in [7, 11) is 5.66. The molecular weight excluding hydrogens is 240 g/mol. The number of unbranched alkanes of at least 4 members (excludes halogenated alkanes) is 1. The number of nitrogens with one attached hydrogen (secondary N) is 2. The molecule has 0 radical (unpaired) electrons. The minimum Gasteiger partial charge on any atom is -0.377 e. The summed E-state index contributed by atoms with van der Waals surface area (Å²) in [5.74, 6) is 0.828. The van der Waals surface area contributed by atoms with Crippen LogP contribution in [0.5, 0.6) is 0 Å². The summed E-state index contributed by atoms with van der Waals surface area (Å²) >= 11 is 0. The first-order valence-electron chi connectivity index (χ1n) is 7.13. The van der Waals surface area contributed by atoms with Crippen LogP contribution >= 0.6 is 0 Å². The molecule has 19 heavy (non-hydrogen) atoms. The average molecular weight is 272 g/mol. The highest BCUT2D eigenvalue weighted by Crippen LogP contribution is 2.04. The van der Waals surface area contributed by atoms with Crippen molar-refractivity contribution in [2.75, 3.05) is 47.4 Å². The summed E-state index contributed by atoms with van der Waals surface area (Å²) in [6, 6.07) is 0. The molecule has 0 aliphatic heterocycles. The fourth-order valence-electron chi connectivity index (χ4n) is 1.49. The van der Waals surface area contributed by atoms with E-state index in [0.717, 1.165) is 32.1 Å². The molecule has 0 fully saturated rings. The summed E-state index contributed by atoms with van der Waals surface area (Å²) in [5.41, 5.74) is -0.185. The number of ether oxygens (including phenoxy) is 1. The van der Waals surface area contributed by atoms with Crippen molar-refractivity contribution in [2.45, 2.75) is 39.2 Å². The van der Waals surface area contributed by atoms with E-state index in [1.54, 1.807) is 14.2 Å². The van der Waals surface area contributed by atoms with Crippen LogP contribution in [-0.2, 0) is 4.74 Å². The molecule has 2 N–H and O–H groups in total. The third-order valence-electron chi connectivity index (χ3n) is 3.14. The van der Waals surface area contributed by atoms with E-state index in [-0.39, 0.29) is 5.60 Å². The van der Waals surface area contributed by atoms with Gasteiger partial charge in [-0.1, -0.05) is 13.3 Å². The van der Waals surface area contributed by atoms with Crippen molar-refractivity contribution in [1.82, 2.24) is 15.5 Å². The van der Waals surface area contributed by atoms with Crippen molar-refractivity contribution >= 4 is 5.96 Å². The average Bonchev–Trinajstić information content (AvgIpc) is 2.40. The van der Waals surface area contributed by atoms with Gasteiger partial charge in [0.25, 0.3) is 0 Å². The van der Waals surface area contributed by atoms with Gasteiger partial charge in [-0.25, -0.2) is 0 Å². The fraction of sp³-hybridized carbons (Fsp3) is 0.929. The normalized spacial score (nSPS) is 12.9. The van der Waals surface area contributed by atoms with Crippen LogP contribution in [0.4, 0.5) is 0 Å². The lowest BCUT2D eigenvalue weighted by Crippen LogP contribution is -2.46. The number of guanidine groups is 1. The summed E-state index contributed by atoms with van der Waals surface area (Å²) in [6.07, 6.45) is 2.50. The van der Waals surface area contributed by atoms with Crippen molar-refractivity contribution < 1.29 is 4.74 Å². The van der Waals surface area contributed by atoms with E-state index in [4.69, 9.17) is 4.74 Å². The second-order valence-electron chi connectivity index (χ2n) is 5.47. The Bertz CT molecular complexity index is 254. The van der Waals surface area contributed by atoms with Gasteiger partial charge < -0.3 is 20.3 Å². The third-order valence-corrected chi connectivity index (χ3v) is 3.14. The molecule has 0 amide bonds. The van der Waals surface area contributed by atoms with Crippen LogP contribution in [0.25, 0.3) is 0 Å². The predicted molar refractivity (Wildman–Crippen MR) is 82.9 cm³/mol. The van der Waals surface area contributed by atoms with Gasteiger partial charge in [-0.05, 0) is 33.9 Å². The lowest BCUT2D eigenvalue weighted by atomic mass is 10.1. The first kappa shape index (κ1) is 18.2. The zero-order valence-electron chi connectivity index (χ0n) is 13.5. The van der Waals surface area contributed by atoms with Crippen molar-refractivity contribution in [2.24, 2.45) is 4.99 Å². The number of rotatable bonds is 9. The molecule has 5 nitrogen and oxygen atoms in total. The van der Waals surface area contributed by atoms with E-state index in [0.29, 0.717) is 0 Å². The van der Waals surface area contributed by atoms with Gasteiger partial charge in [0.1, 0.15) is 0 Å². The van der Waals surface area contributed by atoms with E-state index >= 15 is 0 Å². The second kappa shape index (κ2) is 10.0. The van der Waals surface area contributed by atoms with Crippen LogP contribution < -0.4 is 10.6 Å². The highest BCUT2D eigenvalue weighted by Gasteiger charge is 2.16. The third kappa shape index (κ3) is 9.73. The molecule has 5 heteroatoms. The SMILES string of the molecule is CCCCN(C)CCNC(=NC)NCC(C)(C)OC. The molecule has 0 aromatic carbocycles. The molecule has 0 aliphatic rings. The van der Waals surface area contributed by atoms with E-state index in [1.807, 2.05) is 13.8 Å². The standard InChI is InChI=1S/C14H32N4O/c1-7-8-10-18(5)11-9-16-13(15-4)17-12-14(2,3)19-6/h7-12H2,1-6H3,(H2,15,16,17). The largest absolute Gasteiger partial charge is 0.377 e. The summed E-state index contributed by atoms with van der Waals surface area (Å²) in [5, 5.41) is 6.59. The van der Waals surface area contributed by atoms with E-state index in [9.17, 15) is 0 Å². The maximum absolute atomic E-state index is 5.37. The molecule has 0 aromatic heterocycles. The van der Waals surface area contributed by atoms with Crippen molar-refractivity contribution in [1.29, 1.82) is 0 Å². The Morgan fingerprint density at radius 3 is 2.47 bits per heavy atom. The van der Waals surface area contributed by atoms with Crippen molar-refractivity contribution in [3.63, 3.8) is 0 Å². The molecule has 0 rings (SSSR count). The van der Waals surface area contributed by atoms with Crippen molar-refractivity contribution in [3.8, 4) is 0 Å². The number of aliphatic imine (C=N–C) groups is 1. The first-order valence-corrected chi connectivity index (χ1v) is 7.13. The molecule has 0 unspecified atom stereocenters. The molecule has 0 spiro atoms. The quantitative estimate of drug-likeness (QED) is 0.491. The number of hydrogen-bond donors (Lipinski definition) is 2. The Morgan fingerprint density at radius 2 is 1.95 bits per heavy atom. The van der Waals surface area contributed by atoms with Gasteiger partial charge in [0, 0.05) is 33.8 Å². The first-order chi connectivity index (χ1) is 8.95. The zero-order chi connectivity index (χ0) is 14.7. The van der Waals surface area contributed by atoms with Crippen LogP contribution in [0.2, 0.25) is 0 Å². The Hall–Kier alpha value is -0.810. The van der Waals surface area contributed by atoms with Crippen LogP contribution in [0.3, 0.4) is 0 Å². The zero-order valence-corrected chi connectivity index (χ0v) is 13.5. The van der Waals surface area contributed by atoms with E-state index in [2.05, 4.69) is 34.5 Å². The van der Waals surface area contributed by atoms with Gasteiger partial charge in [0.15, 0.2) is 5.96 Å². The maximum atomic E-state index is 5.37. The van der Waals surface area contributed by atoms with Crippen molar-refractivity contribution in [3.05, 3.63) is 0 Å². The predicted octanol–water partition coefficient (Wildman–Crippen LogP) is 1.31. The van der Waals surface area contributed by atoms with Crippen LogP contribution in [0.1, 0.15) is 33.6 Å². The Labute approximate surface area is 118 Å². The van der Waals surface area contributed by atoms with Gasteiger partial charge >= 0.3 is 0 Å². The van der Waals surface area contributed by atoms with Crippen LogP contribution in [0.15, 0.2) is 4.99 Å². The highest BCUT2D eigenvalue weighted by molar-refractivity contribution is 5.79. The monoisotopic (exact) mass is 272 g/mol. The molecule has 0 aromatic rings. The van der Waals surface area contributed by atoms with Crippen LogP contribution in [0, 0.1) is 0 Å². The number of likely N-dealkylation sites (N-methyl/N-ethyl adjacent to an activating group) is 1. The Morgan fingerprint density at radius 1 is 1.26 bits per heavy atom. The summed E-state index contributed by atoms with van der Waals surface area (Å²) < 4.78 is 5.37. The molecule has 0 bridgehead atoms. The molecule has 0 saturated heterocycles. The molecule has 0 heterocycles. The van der Waals surface area contributed by atoms with E-state index in [1.165, 1.54) is 12.8 Å². The molecule has 0 saturated carbocycles. The smallest absolute Gasteiger partial charge is 0.191 e. The van der Waals surface area contributed by atoms with Gasteiger partial charge in [-0.15, -0.1) is 0 Å². The lowest BCUT2D eigenvalue weighted by molar-refractivity contribution is 0.0268. The maximum Gasteiger partial charge on any atom is 0.191 e. The van der Waals surface area contributed by atoms with E-state index < -0.39 is 0 Å². The van der Waals surface area contributed by atoms with Gasteiger partial charge in [-0.3, -0.25) is 4.99 Å². The number of hydrogen-bond acceptors (Lipinski definition) is 3. The Balaban J connectivity index is 3.83. The molecular formula is C14H32N4O. The highest BCUT2D eigenvalue weighted by atomic mass is 16.5. The lowest BCUT2D eigenvalue weighted by Gasteiger charge is -2.25. The number of nitrogens with zero attached hydrogens (tertiary/aromatic N) is 2. The fourth-order valence-corrected chi connectivity index (χ4v) is 1.49. The summed E-state index contributed by atoms with van der Waals surface area (Å²) in [4.78, 5) is 6.54. The van der Waals surface area contributed by atoms with Gasteiger partial charge in [0.2, 0.25) is 0 Å². The van der Waals surface area contributed by atoms with Gasteiger partial charge in [0.05, 0.1) is 5.60 Å². The minimum atomic E-state index is -0.185. The summed E-state index contributed by atoms with van der Waals surface area (Å²) in [6.45, 7) is 10.1. The topological polar surface area (TPSA) is 48.9 Å².